The minimum atomic E-state index is -0.705. The Bertz CT molecular complexity index is 367. The van der Waals surface area contributed by atoms with Gasteiger partial charge in [-0.1, -0.05) is 0 Å². The van der Waals surface area contributed by atoms with Crippen LogP contribution in [0.3, 0.4) is 0 Å². The van der Waals surface area contributed by atoms with Crippen molar-refractivity contribution in [3.05, 3.63) is 0 Å². The third kappa shape index (κ3) is 3.19. The fourth-order valence-electron chi connectivity index (χ4n) is 2.26. The van der Waals surface area contributed by atoms with Crippen LogP contribution in [0.2, 0.25) is 0 Å². The first-order chi connectivity index (χ1) is 8.60. The first kappa shape index (κ1) is 12.8. The van der Waals surface area contributed by atoms with Crippen LogP contribution >= 0.6 is 0 Å². The van der Waals surface area contributed by atoms with Crippen molar-refractivity contribution in [3.8, 4) is 0 Å². The molecule has 0 aromatic carbocycles. The van der Waals surface area contributed by atoms with E-state index >= 15 is 0 Å². The number of rotatable bonds is 3. The number of nitrogens with zero attached hydrogens (tertiary/aromatic N) is 1. The Morgan fingerprint density at radius 1 is 1.22 bits per heavy atom. The maximum absolute atomic E-state index is 11.8. The molecule has 0 aromatic rings. The van der Waals surface area contributed by atoms with Gasteiger partial charge in [-0.3, -0.25) is 20.3 Å². The van der Waals surface area contributed by atoms with Crippen molar-refractivity contribution in [2.24, 2.45) is 17.7 Å². The average molecular weight is 254 g/mol. The van der Waals surface area contributed by atoms with Gasteiger partial charge in [0.25, 0.3) is 0 Å². The SMILES string of the molecule is NNC(=O)NC(=O)C[C@H]1CCN(C(=O)C2CC2)C1. The van der Waals surface area contributed by atoms with Gasteiger partial charge in [0.1, 0.15) is 0 Å². The van der Waals surface area contributed by atoms with Crippen molar-refractivity contribution in [1.82, 2.24) is 15.6 Å². The Morgan fingerprint density at radius 2 is 1.94 bits per heavy atom. The van der Waals surface area contributed by atoms with Crippen LogP contribution in [0, 0.1) is 11.8 Å². The van der Waals surface area contributed by atoms with Gasteiger partial charge in [0.15, 0.2) is 0 Å². The molecule has 0 spiro atoms. The number of carbonyl (C=O) groups is 3. The molecule has 1 saturated heterocycles. The number of likely N-dealkylation sites (tertiary alicyclic amines) is 1. The molecule has 4 N–H and O–H groups in total. The molecule has 7 heteroatoms. The summed E-state index contributed by atoms with van der Waals surface area (Å²) in [6, 6.07) is -0.705. The normalized spacial score (nSPS) is 22.7. The van der Waals surface area contributed by atoms with Crippen LogP contribution in [0.25, 0.3) is 0 Å². The lowest BCUT2D eigenvalue weighted by atomic mass is 10.0. The number of hydrazine groups is 1. The largest absolute Gasteiger partial charge is 0.342 e. The highest BCUT2D eigenvalue weighted by Crippen LogP contribution is 2.33. The lowest BCUT2D eigenvalue weighted by Crippen LogP contribution is -2.43. The highest BCUT2D eigenvalue weighted by atomic mass is 16.2. The Morgan fingerprint density at radius 3 is 2.56 bits per heavy atom. The average Bonchev–Trinajstić information content (AvgIpc) is 3.09. The van der Waals surface area contributed by atoms with Crippen molar-refractivity contribution in [2.45, 2.75) is 25.7 Å². The summed E-state index contributed by atoms with van der Waals surface area (Å²) in [5.74, 6) is 5.09. The van der Waals surface area contributed by atoms with E-state index < -0.39 is 6.03 Å². The van der Waals surface area contributed by atoms with Gasteiger partial charge in [0.2, 0.25) is 11.8 Å². The highest BCUT2D eigenvalue weighted by molar-refractivity contribution is 5.94. The number of carbonyl (C=O) groups excluding carboxylic acids is 3. The molecule has 4 amide bonds. The van der Waals surface area contributed by atoms with Gasteiger partial charge in [-0.15, -0.1) is 0 Å². The number of hydrogen-bond acceptors (Lipinski definition) is 4. The molecule has 0 unspecified atom stereocenters. The van der Waals surface area contributed by atoms with E-state index in [1.807, 2.05) is 10.3 Å². The molecule has 18 heavy (non-hydrogen) atoms. The molecule has 2 rings (SSSR count). The highest BCUT2D eigenvalue weighted by Gasteiger charge is 2.36. The van der Waals surface area contributed by atoms with E-state index in [0.717, 1.165) is 25.8 Å². The second kappa shape index (κ2) is 5.34. The number of urea groups is 1. The molecule has 1 atom stereocenters. The molecule has 2 aliphatic rings. The number of amides is 4. The van der Waals surface area contributed by atoms with E-state index in [1.165, 1.54) is 0 Å². The Labute approximate surface area is 105 Å². The predicted octanol–water partition coefficient (Wildman–Crippen LogP) is -0.666. The van der Waals surface area contributed by atoms with Crippen LogP contribution in [0.1, 0.15) is 25.7 Å². The third-order valence-electron chi connectivity index (χ3n) is 3.38. The van der Waals surface area contributed by atoms with Gasteiger partial charge in [-0.05, 0) is 25.2 Å². The Balaban J connectivity index is 1.73. The fraction of sp³-hybridized carbons (Fsp3) is 0.727. The first-order valence-corrected chi connectivity index (χ1v) is 6.19. The third-order valence-corrected chi connectivity index (χ3v) is 3.38. The summed E-state index contributed by atoms with van der Waals surface area (Å²) in [5, 5.41) is 2.12. The smallest absolute Gasteiger partial charge is 0.335 e. The van der Waals surface area contributed by atoms with E-state index in [9.17, 15) is 14.4 Å². The number of hydrogen-bond donors (Lipinski definition) is 3. The van der Waals surface area contributed by atoms with Gasteiger partial charge in [-0.2, -0.15) is 0 Å². The van der Waals surface area contributed by atoms with Gasteiger partial charge < -0.3 is 4.90 Å². The second-order valence-corrected chi connectivity index (χ2v) is 4.94. The lowest BCUT2D eigenvalue weighted by Gasteiger charge is -2.15. The Hall–Kier alpha value is -1.63. The standard InChI is InChI=1S/C11H18N4O3/c12-14-11(18)13-9(16)5-7-3-4-15(6-7)10(17)8-1-2-8/h7-8H,1-6,12H2,(H2,13,14,16,18)/t7-/m1/s1. The van der Waals surface area contributed by atoms with Crippen LogP contribution in [0.5, 0.6) is 0 Å². The second-order valence-electron chi connectivity index (χ2n) is 4.94. The summed E-state index contributed by atoms with van der Waals surface area (Å²) >= 11 is 0. The summed E-state index contributed by atoms with van der Waals surface area (Å²) in [6.45, 7) is 1.34. The zero-order chi connectivity index (χ0) is 13.1. The molecule has 1 aliphatic heterocycles. The van der Waals surface area contributed by atoms with Gasteiger partial charge in [0, 0.05) is 25.4 Å². The Kier molecular flexibility index (Phi) is 3.81. The van der Waals surface area contributed by atoms with E-state index in [4.69, 9.17) is 5.84 Å². The van der Waals surface area contributed by atoms with Crippen LogP contribution < -0.4 is 16.6 Å². The summed E-state index contributed by atoms with van der Waals surface area (Å²) in [5.41, 5.74) is 1.84. The van der Waals surface area contributed by atoms with Crippen LogP contribution in [0.4, 0.5) is 4.79 Å². The molecule has 1 saturated carbocycles. The van der Waals surface area contributed by atoms with E-state index in [2.05, 4.69) is 5.32 Å². The quantitative estimate of drug-likeness (QED) is 0.353. The minimum absolute atomic E-state index is 0.137. The van der Waals surface area contributed by atoms with Crippen molar-refractivity contribution in [3.63, 3.8) is 0 Å². The fourth-order valence-corrected chi connectivity index (χ4v) is 2.26. The first-order valence-electron chi connectivity index (χ1n) is 6.19. The molecule has 1 aliphatic carbocycles. The molecule has 7 nitrogen and oxygen atoms in total. The molecular formula is C11H18N4O3. The topological polar surface area (TPSA) is 105 Å². The maximum atomic E-state index is 11.8. The molecule has 100 valence electrons. The van der Waals surface area contributed by atoms with Crippen molar-refractivity contribution in [2.75, 3.05) is 13.1 Å². The van der Waals surface area contributed by atoms with E-state index in [-0.39, 0.29) is 30.1 Å². The lowest BCUT2D eigenvalue weighted by molar-refractivity contribution is -0.132. The van der Waals surface area contributed by atoms with Crippen molar-refractivity contribution in [1.29, 1.82) is 0 Å². The van der Waals surface area contributed by atoms with Gasteiger partial charge >= 0.3 is 6.03 Å². The van der Waals surface area contributed by atoms with E-state index in [0.29, 0.717) is 6.54 Å². The minimum Gasteiger partial charge on any atom is -0.342 e. The van der Waals surface area contributed by atoms with Crippen LogP contribution in [0.15, 0.2) is 0 Å². The van der Waals surface area contributed by atoms with Gasteiger partial charge in [-0.25, -0.2) is 10.6 Å². The van der Waals surface area contributed by atoms with Crippen LogP contribution in [-0.4, -0.2) is 35.8 Å². The predicted molar refractivity (Wildman–Crippen MR) is 62.9 cm³/mol. The molecule has 0 radical (unpaired) electrons. The zero-order valence-electron chi connectivity index (χ0n) is 10.1. The summed E-state index contributed by atoms with van der Waals surface area (Å²) in [6.07, 6.45) is 3.06. The summed E-state index contributed by atoms with van der Waals surface area (Å²) < 4.78 is 0. The molecule has 1 heterocycles. The monoisotopic (exact) mass is 254 g/mol. The van der Waals surface area contributed by atoms with Gasteiger partial charge in [0.05, 0.1) is 0 Å². The molecule has 2 fully saturated rings. The van der Waals surface area contributed by atoms with Crippen molar-refractivity contribution < 1.29 is 14.4 Å². The summed E-state index contributed by atoms with van der Waals surface area (Å²) in [7, 11) is 0. The number of nitrogens with one attached hydrogen (secondary N) is 2. The zero-order valence-corrected chi connectivity index (χ0v) is 10.1. The number of imide groups is 1. The summed E-state index contributed by atoms with van der Waals surface area (Å²) in [4.78, 5) is 35.9. The number of nitrogens with two attached hydrogens (primary N) is 1. The van der Waals surface area contributed by atoms with Crippen LogP contribution in [-0.2, 0) is 9.59 Å². The molecule has 0 aromatic heterocycles. The van der Waals surface area contributed by atoms with Crippen molar-refractivity contribution >= 4 is 17.8 Å². The maximum Gasteiger partial charge on any atom is 0.335 e. The van der Waals surface area contributed by atoms with E-state index in [1.54, 1.807) is 0 Å². The molecule has 0 bridgehead atoms. The molecular weight excluding hydrogens is 236 g/mol.